The van der Waals surface area contributed by atoms with Crippen LogP contribution in [0.1, 0.15) is 31.4 Å². The van der Waals surface area contributed by atoms with E-state index < -0.39 is 0 Å². The average molecular weight is 287 g/mol. The molecule has 2 aromatic carbocycles. The lowest BCUT2D eigenvalue weighted by atomic mass is 10.1. The first-order chi connectivity index (χ1) is 10.1. The Labute approximate surface area is 125 Å². The second-order valence-electron chi connectivity index (χ2n) is 5.39. The van der Waals surface area contributed by atoms with Gasteiger partial charge in [-0.2, -0.15) is 0 Å². The Bertz CT molecular complexity index is 578. The van der Waals surface area contributed by atoms with Crippen molar-refractivity contribution in [3.8, 4) is 11.5 Å². The molecule has 3 heteroatoms. The minimum Gasteiger partial charge on any atom is -0.457 e. The molecule has 0 saturated carbocycles. The molecule has 0 aromatic heterocycles. The number of ether oxygens (including phenoxy) is 1. The molecule has 0 aliphatic heterocycles. The first-order valence-electron chi connectivity index (χ1n) is 7.40. The quantitative estimate of drug-likeness (QED) is 0.851. The van der Waals surface area contributed by atoms with Gasteiger partial charge in [0, 0.05) is 11.6 Å². The van der Waals surface area contributed by atoms with Crippen LogP contribution in [0, 0.1) is 5.82 Å². The van der Waals surface area contributed by atoms with Gasteiger partial charge in [-0.25, -0.2) is 4.39 Å². The Morgan fingerprint density at radius 1 is 1.14 bits per heavy atom. The van der Waals surface area contributed by atoms with Gasteiger partial charge in [-0.15, -0.1) is 0 Å². The van der Waals surface area contributed by atoms with Gasteiger partial charge in [0.1, 0.15) is 17.3 Å². The fraction of sp³-hybridized carbons (Fsp3) is 0.333. The molecule has 0 saturated heterocycles. The van der Waals surface area contributed by atoms with Gasteiger partial charge in [-0.05, 0) is 49.6 Å². The van der Waals surface area contributed by atoms with E-state index in [1.165, 1.54) is 11.6 Å². The summed E-state index contributed by atoms with van der Waals surface area (Å²) in [5.74, 6) is 0.981. The van der Waals surface area contributed by atoms with E-state index in [4.69, 9.17) is 10.5 Å². The van der Waals surface area contributed by atoms with Gasteiger partial charge in [0.15, 0.2) is 0 Å². The van der Waals surface area contributed by atoms with Crippen molar-refractivity contribution in [3.63, 3.8) is 0 Å². The van der Waals surface area contributed by atoms with Gasteiger partial charge in [-0.1, -0.05) is 31.5 Å². The predicted octanol–water partition coefficient (Wildman–Crippen LogP) is 4.46. The highest BCUT2D eigenvalue weighted by Crippen LogP contribution is 2.28. The van der Waals surface area contributed by atoms with Gasteiger partial charge in [0.05, 0.1) is 0 Å². The van der Waals surface area contributed by atoms with E-state index in [0.717, 1.165) is 12.8 Å². The maximum Gasteiger partial charge on any atom is 0.133 e. The van der Waals surface area contributed by atoms with E-state index in [1.807, 2.05) is 31.2 Å². The van der Waals surface area contributed by atoms with Crippen molar-refractivity contribution in [3.05, 3.63) is 59.4 Å². The highest BCUT2D eigenvalue weighted by molar-refractivity contribution is 5.39. The molecule has 0 fully saturated rings. The summed E-state index contributed by atoms with van der Waals surface area (Å²) in [5, 5.41) is 0. The zero-order valence-corrected chi connectivity index (χ0v) is 12.6. The monoisotopic (exact) mass is 287 g/mol. The SMILES string of the molecule is CCCc1ccc(Oc2cccc(F)c2CC(C)N)cc1. The Hall–Kier alpha value is -1.87. The first kappa shape index (κ1) is 15.5. The standard InChI is InChI=1S/C18H22FNO/c1-3-5-14-8-10-15(11-9-14)21-18-7-4-6-17(19)16(18)12-13(2)20/h4,6-11,13H,3,5,12,20H2,1-2H3. The van der Waals surface area contributed by atoms with Crippen LogP contribution in [0.5, 0.6) is 11.5 Å². The first-order valence-corrected chi connectivity index (χ1v) is 7.40. The number of rotatable bonds is 6. The molecule has 0 heterocycles. The van der Waals surface area contributed by atoms with Crippen LogP contribution >= 0.6 is 0 Å². The second-order valence-corrected chi connectivity index (χ2v) is 5.39. The predicted molar refractivity (Wildman–Crippen MR) is 84.3 cm³/mol. The highest BCUT2D eigenvalue weighted by atomic mass is 19.1. The summed E-state index contributed by atoms with van der Waals surface area (Å²) >= 11 is 0. The van der Waals surface area contributed by atoms with Crippen molar-refractivity contribution in [1.82, 2.24) is 0 Å². The number of halogens is 1. The van der Waals surface area contributed by atoms with Gasteiger partial charge in [0.25, 0.3) is 0 Å². The van der Waals surface area contributed by atoms with Crippen LogP contribution in [0.25, 0.3) is 0 Å². The molecule has 21 heavy (non-hydrogen) atoms. The Morgan fingerprint density at radius 2 is 1.86 bits per heavy atom. The number of aryl methyl sites for hydroxylation is 1. The maximum atomic E-state index is 13.9. The molecule has 2 N–H and O–H groups in total. The number of benzene rings is 2. The Morgan fingerprint density at radius 3 is 2.48 bits per heavy atom. The molecule has 1 atom stereocenters. The van der Waals surface area contributed by atoms with Crippen molar-refractivity contribution in [2.75, 3.05) is 0 Å². The highest BCUT2D eigenvalue weighted by Gasteiger charge is 2.12. The minimum atomic E-state index is -0.271. The molecule has 0 spiro atoms. The Balaban J connectivity index is 2.20. The average Bonchev–Trinajstić information content (AvgIpc) is 2.45. The third-order valence-corrected chi connectivity index (χ3v) is 3.29. The van der Waals surface area contributed by atoms with Crippen LogP contribution in [0.4, 0.5) is 4.39 Å². The molecule has 0 radical (unpaired) electrons. The summed E-state index contributed by atoms with van der Waals surface area (Å²) in [4.78, 5) is 0. The van der Waals surface area contributed by atoms with Crippen LogP contribution in [-0.2, 0) is 12.8 Å². The minimum absolute atomic E-state index is 0.115. The molecule has 2 aromatic rings. The molecule has 2 rings (SSSR count). The summed E-state index contributed by atoms with van der Waals surface area (Å²) in [6.45, 7) is 4.01. The summed E-state index contributed by atoms with van der Waals surface area (Å²) in [5.41, 5.74) is 7.60. The van der Waals surface area contributed by atoms with Crippen LogP contribution in [0.2, 0.25) is 0 Å². The lowest BCUT2D eigenvalue weighted by molar-refractivity contribution is 0.463. The van der Waals surface area contributed by atoms with E-state index >= 15 is 0 Å². The Kier molecular flexibility index (Phi) is 5.34. The second kappa shape index (κ2) is 7.23. The van der Waals surface area contributed by atoms with Gasteiger partial charge in [-0.3, -0.25) is 0 Å². The van der Waals surface area contributed by atoms with E-state index in [1.54, 1.807) is 12.1 Å². The zero-order valence-electron chi connectivity index (χ0n) is 12.6. The smallest absolute Gasteiger partial charge is 0.133 e. The van der Waals surface area contributed by atoms with Gasteiger partial charge < -0.3 is 10.5 Å². The number of hydrogen-bond acceptors (Lipinski definition) is 2. The van der Waals surface area contributed by atoms with Crippen LogP contribution in [-0.4, -0.2) is 6.04 Å². The third-order valence-electron chi connectivity index (χ3n) is 3.29. The molecular weight excluding hydrogens is 265 g/mol. The largest absolute Gasteiger partial charge is 0.457 e. The summed E-state index contributed by atoms with van der Waals surface area (Å²) < 4.78 is 19.8. The van der Waals surface area contributed by atoms with E-state index in [-0.39, 0.29) is 11.9 Å². The van der Waals surface area contributed by atoms with E-state index in [2.05, 4.69) is 6.92 Å². The zero-order chi connectivity index (χ0) is 15.2. The summed E-state index contributed by atoms with van der Waals surface area (Å²) in [6, 6.07) is 12.7. The lowest BCUT2D eigenvalue weighted by Crippen LogP contribution is -2.19. The molecule has 2 nitrogen and oxygen atoms in total. The third kappa shape index (κ3) is 4.30. The molecule has 0 amide bonds. The van der Waals surface area contributed by atoms with Crippen LogP contribution in [0.15, 0.2) is 42.5 Å². The van der Waals surface area contributed by atoms with Gasteiger partial charge >= 0.3 is 0 Å². The number of hydrogen-bond donors (Lipinski definition) is 1. The summed E-state index contributed by atoms with van der Waals surface area (Å²) in [6.07, 6.45) is 2.62. The van der Waals surface area contributed by atoms with Gasteiger partial charge in [0.2, 0.25) is 0 Å². The van der Waals surface area contributed by atoms with Crippen LogP contribution < -0.4 is 10.5 Å². The topological polar surface area (TPSA) is 35.2 Å². The molecule has 0 aliphatic rings. The molecule has 0 bridgehead atoms. The molecule has 112 valence electrons. The van der Waals surface area contributed by atoms with Crippen molar-refractivity contribution < 1.29 is 9.13 Å². The van der Waals surface area contributed by atoms with Crippen molar-refractivity contribution >= 4 is 0 Å². The molecular formula is C18H22FNO. The summed E-state index contributed by atoms with van der Waals surface area (Å²) in [7, 11) is 0. The molecule has 0 aliphatic carbocycles. The molecule has 1 unspecified atom stereocenters. The fourth-order valence-electron chi connectivity index (χ4n) is 2.29. The van der Waals surface area contributed by atoms with Crippen molar-refractivity contribution in [1.29, 1.82) is 0 Å². The van der Waals surface area contributed by atoms with Crippen molar-refractivity contribution in [2.24, 2.45) is 5.73 Å². The fourth-order valence-corrected chi connectivity index (χ4v) is 2.29. The maximum absolute atomic E-state index is 13.9. The van der Waals surface area contributed by atoms with E-state index in [9.17, 15) is 4.39 Å². The number of nitrogens with two attached hydrogens (primary N) is 1. The van der Waals surface area contributed by atoms with Crippen molar-refractivity contribution in [2.45, 2.75) is 39.2 Å². The lowest BCUT2D eigenvalue weighted by Gasteiger charge is -2.14. The van der Waals surface area contributed by atoms with E-state index in [0.29, 0.717) is 23.5 Å². The normalized spacial score (nSPS) is 12.2. The van der Waals surface area contributed by atoms with Crippen LogP contribution in [0.3, 0.4) is 0 Å².